The van der Waals surface area contributed by atoms with Crippen molar-refractivity contribution in [2.45, 2.75) is 32.1 Å². The van der Waals surface area contributed by atoms with Gasteiger partial charge in [-0.2, -0.15) is 0 Å². The lowest BCUT2D eigenvalue weighted by atomic mass is 10.1. The molecule has 116 valence electrons. The third-order valence-corrected chi connectivity index (χ3v) is 4.73. The summed E-state index contributed by atoms with van der Waals surface area (Å²) in [4.78, 5) is 13.9. The van der Waals surface area contributed by atoms with Crippen LogP contribution in [0, 0.1) is 5.92 Å². The lowest BCUT2D eigenvalue weighted by Gasteiger charge is -2.16. The molecule has 1 aromatic carbocycles. The van der Waals surface area contributed by atoms with Gasteiger partial charge in [-0.25, -0.2) is 0 Å². The smallest absolute Gasteiger partial charge is 0.222 e. The third kappa shape index (κ3) is 4.87. The Kier molecular flexibility index (Phi) is 6.34. The number of amides is 1. The van der Waals surface area contributed by atoms with Crippen molar-refractivity contribution in [2.75, 3.05) is 19.7 Å². The van der Waals surface area contributed by atoms with Crippen molar-refractivity contribution in [3.05, 3.63) is 33.8 Å². The van der Waals surface area contributed by atoms with Crippen LogP contribution in [0.1, 0.15) is 31.2 Å². The minimum absolute atomic E-state index is 0.182. The molecule has 1 unspecified atom stereocenters. The summed E-state index contributed by atoms with van der Waals surface area (Å²) in [5, 5.41) is 10.2. The van der Waals surface area contributed by atoms with Gasteiger partial charge in [-0.15, -0.1) is 0 Å². The molecule has 0 saturated carbocycles. The van der Waals surface area contributed by atoms with E-state index in [1.54, 1.807) is 0 Å². The standard InChI is InChI=1S/C16H21Cl2NO2/c17-14-6-5-12(9-15(14)18)3-1-2-4-16(21)19-8-7-13(10-19)11-20/h5-6,9,13,20H,1-4,7-8,10-11H2. The Morgan fingerprint density at radius 3 is 2.76 bits per heavy atom. The maximum absolute atomic E-state index is 12.0. The molecule has 1 saturated heterocycles. The molecule has 21 heavy (non-hydrogen) atoms. The van der Waals surface area contributed by atoms with Crippen LogP contribution >= 0.6 is 23.2 Å². The molecule has 1 aliphatic heterocycles. The van der Waals surface area contributed by atoms with Crippen LogP contribution in [0.4, 0.5) is 0 Å². The van der Waals surface area contributed by atoms with Crippen LogP contribution in [0.25, 0.3) is 0 Å². The first-order valence-electron chi connectivity index (χ1n) is 7.42. The van der Waals surface area contributed by atoms with Gasteiger partial charge < -0.3 is 10.0 Å². The number of carbonyl (C=O) groups excluding carboxylic acids is 1. The van der Waals surface area contributed by atoms with Crippen molar-refractivity contribution in [3.8, 4) is 0 Å². The van der Waals surface area contributed by atoms with Crippen molar-refractivity contribution in [1.29, 1.82) is 0 Å². The van der Waals surface area contributed by atoms with Gasteiger partial charge in [0.2, 0.25) is 5.91 Å². The lowest BCUT2D eigenvalue weighted by molar-refractivity contribution is -0.130. The van der Waals surface area contributed by atoms with Gasteiger partial charge in [-0.3, -0.25) is 4.79 Å². The maximum atomic E-state index is 12.0. The van der Waals surface area contributed by atoms with Gasteiger partial charge in [0.25, 0.3) is 0 Å². The molecule has 1 heterocycles. The van der Waals surface area contributed by atoms with E-state index in [1.807, 2.05) is 23.1 Å². The third-order valence-electron chi connectivity index (χ3n) is 3.99. The van der Waals surface area contributed by atoms with Gasteiger partial charge >= 0.3 is 0 Å². The summed E-state index contributed by atoms with van der Waals surface area (Å²) in [6.45, 7) is 1.68. The van der Waals surface area contributed by atoms with Crippen LogP contribution in [0.15, 0.2) is 18.2 Å². The first-order chi connectivity index (χ1) is 10.1. The largest absolute Gasteiger partial charge is 0.396 e. The molecule has 1 fully saturated rings. The van der Waals surface area contributed by atoms with Crippen molar-refractivity contribution in [1.82, 2.24) is 4.90 Å². The van der Waals surface area contributed by atoms with E-state index in [-0.39, 0.29) is 18.4 Å². The highest BCUT2D eigenvalue weighted by molar-refractivity contribution is 6.42. The molecule has 1 amide bonds. The number of benzene rings is 1. The number of hydrogen-bond acceptors (Lipinski definition) is 2. The minimum atomic E-state index is 0.182. The summed E-state index contributed by atoms with van der Waals surface area (Å²) in [7, 11) is 0. The molecule has 0 aliphatic carbocycles. The van der Waals surface area contributed by atoms with Crippen molar-refractivity contribution < 1.29 is 9.90 Å². The topological polar surface area (TPSA) is 40.5 Å². The Bertz CT molecular complexity index is 493. The zero-order valence-electron chi connectivity index (χ0n) is 12.0. The highest BCUT2D eigenvalue weighted by Crippen LogP contribution is 2.23. The summed E-state index contributed by atoms with van der Waals surface area (Å²) >= 11 is 11.9. The summed E-state index contributed by atoms with van der Waals surface area (Å²) in [5.41, 5.74) is 1.15. The quantitative estimate of drug-likeness (QED) is 0.811. The SMILES string of the molecule is O=C(CCCCc1ccc(Cl)c(Cl)c1)N1CCC(CO)C1. The highest BCUT2D eigenvalue weighted by atomic mass is 35.5. The van der Waals surface area contributed by atoms with Crippen molar-refractivity contribution in [3.63, 3.8) is 0 Å². The number of aliphatic hydroxyl groups is 1. The number of aryl methyl sites for hydroxylation is 1. The molecular weight excluding hydrogens is 309 g/mol. The summed E-state index contributed by atoms with van der Waals surface area (Å²) in [5.74, 6) is 0.477. The van der Waals surface area contributed by atoms with E-state index < -0.39 is 0 Å². The molecule has 0 spiro atoms. The first-order valence-corrected chi connectivity index (χ1v) is 8.18. The van der Waals surface area contributed by atoms with Gasteiger partial charge in [-0.1, -0.05) is 29.3 Å². The molecule has 2 rings (SSSR count). The zero-order valence-corrected chi connectivity index (χ0v) is 13.5. The zero-order chi connectivity index (χ0) is 15.2. The van der Waals surface area contributed by atoms with Crippen LogP contribution in [-0.4, -0.2) is 35.6 Å². The molecule has 1 aromatic rings. The predicted molar refractivity (Wildman–Crippen MR) is 85.8 cm³/mol. The van der Waals surface area contributed by atoms with Gasteiger partial charge in [0.05, 0.1) is 10.0 Å². The van der Waals surface area contributed by atoms with E-state index in [1.165, 1.54) is 0 Å². The van der Waals surface area contributed by atoms with Crippen molar-refractivity contribution >= 4 is 29.1 Å². The van der Waals surface area contributed by atoms with Crippen LogP contribution in [-0.2, 0) is 11.2 Å². The van der Waals surface area contributed by atoms with E-state index in [0.717, 1.165) is 37.8 Å². The number of halogens is 2. The molecule has 1 aliphatic rings. The summed E-state index contributed by atoms with van der Waals surface area (Å²) < 4.78 is 0. The van der Waals surface area contributed by atoms with E-state index in [4.69, 9.17) is 28.3 Å². The van der Waals surface area contributed by atoms with Gasteiger partial charge in [-0.05, 0) is 43.4 Å². The molecule has 1 N–H and O–H groups in total. The number of unbranched alkanes of at least 4 members (excludes halogenated alkanes) is 1. The Morgan fingerprint density at radius 1 is 1.29 bits per heavy atom. The molecular formula is C16H21Cl2NO2. The maximum Gasteiger partial charge on any atom is 0.222 e. The van der Waals surface area contributed by atoms with Crippen LogP contribution in [0.3, 0.4) is 0 Å². The number of likely N-dealkylation sites (tertiary alicyclic amines) is 1. The Labute approximate surface area is 135 Å². The average molecular weight is 330 g/mol. The van der Waals surface area contributed by atoms with E-state index in [2.05, 4.69) is 0 Å². The first kappa shape index (κ1) is 16.6. The van der Waals surface area contributed by atoms with Gasteiger partial charge in [0.15, 0.2) is 0 Å². The minimum Gasteiger partial charge on any atom is -0.396 e. The summed E-state index contributed by atoms with van der Waals surface area (Å²) in [6.07, 6.45) is 4.24. The fraction of sp³-hybridized carbons (Fsp3) is 0.562. The molecule has 1 atom stereocenters. The Hall–Kier alpha value is -0.770. The number of nitrogens with zero attached hydrogens (tertiary/aromatic N) is 1. The molecule has 0 aromatic heterocycles. The normalized spacial score (nSPS) is 18.2. The molecule has 0 bridgehead atoms. The Balaban J connectivity index is 1.67. The fourth-order valence-corrected chi connectivity index (χ4v) is 2.99. The van der Waals surface area contributed by atoms with Gasteiger partial charge in [0.1, 0.15) is 0 Å². The van der Waals surface area contributed by atoms with Crippen LogP contribution < -0.4 is 0 Å². The second-order valence-electron chi connectivity index (χ2n) is 5.63. The second kappa shape index (κ2) is 8.02. The predicted octanol–water partition coefficient (Wildman–Crippen LogP) is 3.55. The number of rotatable bonds is 6. The number of hydrogen-bond donors (Lipinski definition) is 1. The van der Waals surface area contributed by atoms with E-state index >= 15 is 0 Å². The molecule has 5 heteroatoms. The highest BCUT2D eigenvalue weighted by Gasteiger charge is 2.24. The van der Waals surface area contributed by atoms with Crippen LogP contribution in [0.2, 0.25) is 10.0 Å². The molecule has 0 radical (unpaired) electrons. The van der Waals surface area contributed by atoms with E-state index in [9.17, 15) is 4.79 Å². The average Bonchev–Trinajstić information content (AvgIpc) is 2.96. The number of carbonyl (C=O) groups is 1. The summed E-state index contributed by atoms with van der Waals surface area (Å²) in [6, 6.07) is 5.67. The lowest BCUT2D eigenvalue weighted by Crippen LogP contribution is -2.28. The van der Waals surface area contributed by atoms with E-state index in [0.29, 0.717) is 23.0 Å². The monoisotopic (exact) mass is 329 g/mol. The number of aliphatic hydroxyl groups excluding tert-OH is 1. The van der Waals surface area contributed by atoms with Gasteiger partial charge in [0, 0.05) is 32.0 Å². The Morgan fingerprint density at radius 2 is 2.10 bits per heavy atom. The second-order valence-corrected chi connectivity index (χ2v) is 6.45. The molecule has 3 nitrogen and oxygen atoms in total. The van der Waals surface area contributed by atoms with Crippen LogP contribution in [0.5, 0.6) is 0 Å². The fourth-order valence-electron chi connectivity index (χ4n) is 2.67. The van der Waals surface area contributed by atoms with Crippen molar-refractivity contribution in [2.24, 2.45) is 5.92 Å².